The number of likely N-dealkylation sites (N-methyl/N-ethyl adjacent to an activating group) is 1. The van der Waals surface area contributed by atoms with Crippen molar-refractivity contribution in [2.24, 2.45) is 11.8 Å². The fourth-order valence-corrected chi connectivity index (χ4v) is 6.49. The number of hydrogen-bond acceptors (Lipinski definition) is 5. The molecule has 0 aromatic rings. The number of hydrogen-bond donors (Lipinski definition) is 1. The lowest BCUT2D eigenvalue weighted by molar-refractivity contribution is -0.152. The minimum absolute atomic E-state index is 0.00392. The van der Waals surface area contributed by atoms with E-state index in [4.69, 9.17) is 4.74 Å². The number of carbonyl (C=O) groups excluding carboxylic acids is 3. The Kier molecular flexibility index (Phi) is 6.94. The molecule has 3 fully saturated rings. The van der Waals surface area contributed by atoms with Crippen LogP contribution < -0.4 is 0 Å². The van der Waals surface area contributed by atoms with Crippen LogP contribution >= 0.6 is 15.9 Å². The van der Waals surface area contributed by atoms with E-state index < -0.39 is 35.1 Å². The van der Waals surface area contributed by atoms with Gasteiger partial charge in [-0.1, -0.05) is 28.1 Å². The molecule has 32 heavy (non-hydrogen) atoms. The lowest BCUT2D eigenvalue weighted by Crippen LogP contribution is -2.60. The number of halogens is 1. The third kappa shape index (κ3) is 3.72. The molecule has 2 bridgehead atoms. The Balaban J connectivity index is 2.09. The van der Waals surface area contributed by atoms with E-state index in [1.165, 1.54) is 9.80 Å². The Morgan fingerprint density at radius 3 is 2.44 bits per heavy atom. The standard InChI is InChI=1S/C23H34BrN3O5/c1-7-9-25(6)19(29)15-16-20(30)26(11-12-28)18(23(16)13-14(24)17(15)32-23)21(31)27(10-8-2)22(3,4)5/h7-8,14-18,28H,1-2,9-13H2,3-6H3/t14?,15-,16+,17-,18?,23?/m1/s1. The first-order valence-corrected chi connectivity index (χ1v) is 11.9. The third-order valence-corrected chi connectivity index (χ3v) is 7.66. The number of aliphatic hydroxyl groups excluding tert-OH is 1. The number of ether oxygens (including phenoxy) is 1. The van der Waals surface area contributed by atoms with Crippen molar-refractivity contribution in [3.63, 3.8) is 0 Å². The number of β-amino-alcohol motifs (C(OH)–C–C–N with tert-alkyl or cyclic N) is 1. The van der Waals surface area contributed by atoms with Crippen LogP contribution in [0.2, 0.25) is 0 Å². The van der Waals surface area contributed by atoms with E-state index in [1.807, 2.05) is 20.8 Å². The highest BCUT2D eigenvalue weighted by molar-refractivity contribution is 9.09. The lowest BCUT2D eigenvalue weighted by Gasteiger charge is -2.42. The zero-order chi connectivity index (χ0) is 24.0. The summed E-state index contributed by atoms with van der Waals surface area (Å²) in [5, 5.41) is 9.69. The molecule has 8 nitrogen and oxygen atoms in total. The van der Waals surface area contributed by atoms with Gasteiger partial charge in [0, 0.05) is 37.0 Å². The summed E-state index contributed by atoms with van der Waals surface area (Å²) in [6.07, 6.45) is 3.22. The highest BCUT2D eigenvalue weighted by Gasteiger charge is 2.76. The number of fused-ring (bicyclic) bond motifs is 1. The first-order valence-electron chi connectivity index (χ1n) is 11.0. The van der Waals surface area contributed by atoms with Crippen LogP contribution in [0.3, 0.4) is 0 Å². The second-order valence-electron chi connectivity index (χ2n) is 9.83. The maximum absolute atomic E-state index is 14.0. The molecule has 0 aromatic heterocycles. The molecule has 3 heterocycles. The molecule has 0 radical (unpaired) electrons. The molecule has 0 aromatic carbocycles. The molecular weight excluding hydrogens is 478 g/mol. The predicted octanol–water partition coefficient (Wildman–Crippen LogP) is 1.18. The van der Waals surface area contributed by atoms with E-state index in [0.29, 0.717) is 19.5 Å². The van der Waals surface area contributed by atoms with Gasteiger partial charge in [-0.25, -0.2) is 0 Å². The summed E-state index contributed by atoms with van der Waals surface area (Å²) in [6, 6.07) is -0.918. The Morgan fingerprint density at radius 2 is 1.91 bits per heavy atom. The SMILES string of the molecule is C=CCN(C)C(=O)[C@H]1[C@@H]2OC3(CC2Br)C(C(=O)N(CC=C)C(C)(C)C)N(CCO)C(=O)[C@H]13. The molecule has 0 saturated carbocycles. The number of rotatable bonds is 8. The summed E-state index contributed by atoms with van der Waals surface area (Å²) in [7, 11) is 1.67. The van der Waals surface area contributed by atoms with Crippen molar-refractivity contribution in [3.8, 4) is 0 Å². The van der Waals surface area contributed by atoms with Crippen LogP contribution in [0.15, 0.2) is 25.3 Å². The average Bonchev–Trinajstić information content (AvgIpc) is 3.29. The maximum Gasteiger partial charge on any atom is 0.249 e. The second-order valence-corrected chi connectivity index (χ2v) is 11.0. The van der Waals surface area contributed by atoms with Gasteiger partial charge >= 0.3 is 0 Å². The Bertz CT molecular complexity index is 812. The number of aliphatic hydroxyl groups is 1. The number of likely N-dealkylation sites (tertiary alicyclic amines) is 1. The average molecular weight is 512 g/mol. The molecule has 6 atom stereocenters. The quantitative estimate of drug-likeness (QED) is 0.390. The van der Waals surface area contributed by atoms with E-state index in [0.717, 1.165) is 0 Å². The normalized spacial score (nSPS) is 33.2. The Hall–Kier alpha value is -1.71. The smallest absolute Gasteiger partial charge is 0.249 e. The Morgan fingerprint density at radius 1 is 1.28 bits per heavy atom. The predicted molar refractivity (Wildman–Crippen MR) is 124 cm³/mol. The Labute approximate surface area is 198 Å². The summed E-state index contributed by atoms with van der Waals surface area (Å²) in [5.41, 5.74) is -1.64. The molecule has 3 rings (SSSR count). The first kappa shape index (κ1) is 24.9. The van der Waals surface area contributed by atoms with Crippen molar-refractivity contribution in [2.75, 3.05) is 33.3 Å². The molecule has 3 aliphatic rings. The minimum atomic E-state index is -1.12. The van der Waals surface area contributed by atoms with Crippen molar-refractivity contribution in [1.29, 1.82) is 0 Å². The summed E-state index contributed by atoms with van der Waals surface area (Å²) < 4.78 is 6.44. The summed E-state index contributed by atoms with van der Waals surface area (Å²) in [6.45, 7) is 13.6. The fraction of sp³-hybridized carbons (Fsp3) is 0.696. The molecule has 3 aliphatic heterocycles. The van der Waals surface area contributed by atoms with Gasteiger partial charge in [0.1, 0.15) is 11.6 Å². The van der Waals surface area contributed by atoms with Crippen molar-refractivity contribution in [3.05, 3.63) is 25.3 Å². The zero-order valence-electron chi connectivity index (χ0n) is 19.3. The highest BCUT2D eigenvalue weighted by Crippen LogP contribution is 2.60. The number of nitrogens with zero attached hydrogens (tertiary/aromatic N) is 3. The lowest BCUT2D eigenvalue weighted by atomic mass is 9.70. The van der Waals surface area contributed by atoms with E-state index in [-0.39, 0.29) is 35.7 Å². The topological polar surface area (TPSA) is 90.4 Å². The van der Waals surface area contributed by atoms with Crippen LogP contribution in [-0.2, 0) is 19.1 Å². The molecule has 1 spiro atoms. The minimum Gasteiger partial charge on any atom is -0.395 e. The van der Waals surface area contributed by atoms with E-state index >= 15 is 0 Å². The first-order chi connectivity index (χ1) is 15.0. The summed E-state index contributed by atoms with van der Waals surface area (Å²) in [5.74, 6) is -2.24. The maximum atomic E-state index is 14.0. The molecule has 3 amide bonds. The van der Waals surface area contributed by atoms with Crippen LogP contribution in [0, 0.1) is 11.8 Å². The molecule has 3 saturated heterocycles. The summed E-state index contributed by atoms with van der Waals surface area (Å²) in [4.78, 5) is 45.4. The van der Waals surface area contributed by atoms with Crippen molar-refractivity contribution >= 4 is 33.7 Å². The van der Waals surface area contributed by atoms with E-state index in [2.05, 4.69) is 29.1 Å². The largest absolute Gasteiger partial charge is 0.395 e. The van der Waals surface area contributed by atoms with Gasteiger partial charge in [0.25, 0.3) is 0 Å². The van der Waals surface area contributed by atoms with Gasteiger partial charge in [-0.05, 0) is 27.2 Å². The van der Waals surface area contributed by atoms with Gasteiger partial charge in [0.05, 0.1) is 24.5 Å². The number of carbonyl (C=O) groups is 3. The van der Waals surface area contributed by atoms with Crippen LogP contribution in [0.5, 0.6) is 0 Å². The van der Waals surface area contributed by atoms with Crippen molar-refractivity contribution < 1.29 is 24.2 Å². The number of amides is 3. The number of alkyl halides is 1. The van der Waals surface area contributed by atoms with Crippen molar-refractivity contribution in [2.45, 2.75) is 55.3 Å². The molecule has 3 unspecified atom stereocenters. The fourth-order valence-electron chi connectivity index (χ4n) is 5.55. The van der Waals surface area contributed by atoms with E-state index in [1.54, 1.807) is 24.1 Å². The van der Waals surface area contributed by atoms with Gasteiger partial charge in [-0.15, -0.1) is 13.2 Å². The van der Waals surface area contributed by atoms with Gasteiger partial charge in [0.2, 0.25) is 17.7 Å². The van der Waals surface area contributed by atoms with Gasteiger partial charge in [-0.3, -0.25) is 14.4 Å². The third-order valence-electron chi connectivity index (χ3n) is 6.82. The molecule has 0 aliphatic carbocycles. The molecule has 1 N–H and O–H groups in total. The van der Waals surface area contributed by atoms with Gasteiger partial charge < -0.3 is 24.5 Å². The highest BCUT2D eigenvalue weighted by atomic mass is 79.9. The van der Waals surface area contributed by atoms with Crippen LogP contribution in [0.25, 0.3) is 0 Å². The van der Waals surface area contributed by atoms with E-state index in [9.17, 15) is 19.5 Å². The zero-order valence-corrected chi connectivity index (χ0v) is 20.9. The second kappa shape index (κ2) is 8.91. The molecule has 9 heteroatoms. The van der Waals surface area contributed by atoms with Crippen LogP contribution in [0.4, 0.5) is 0 Å². The monoisotopic (exact) mass is 511 g/mol. The van der Waals surface area contributed by atoms with Crippen LogP contribution in [0.1, 0.15) is 27.2 Å². The summed E-state index contributed by atoms with van der Waals surface area (Å²) >= 11 is 3.65. The van der Waals surface area contributed by atoms with Crippen molar-refractivity contribution in [1.82, 2.24) is 14.7 Å². The van der Waals surface area contributed by atoms with Crippen LogP contribution in [-0.4, -0.2) is 98.9 Å². The molecule has 178 valence electrons. The van der Waals surface area contributed by atoms with Gasteiger partial charge in [-0.2, -0.15) is 0 Å². The molecular formula is C23H34BrN3O5. The van der Waals surface area contributed by atoms with Gasteiger partial charge in [0.15, 0.2) is 0 Å².